The van der Waals surface area contributed by atoms with Gasteiger partial charge in [0.1, 0.15) is 0 Å². The molecule has 0 aliphatic rings. The SMILES string of the molecule is CCOC(=O)C(CC(C(=O)OCC)C(=O)OCC)=C([O-])OCC.[Na+]. The Morgan fingerprint density at radius 1 is 0.792 bits per heavy atom. The Morgan fingerprint density at radius 3 is 1.58 bits per heavy atom. The fourth-order valence-electron chi connectivity index (χ4n) is 1.64. The number of carbonyl (C=O) groups excluding carboxylic acids is 3. The van der Waals surface area contributed by atoms with Crippen LogP contribution in [0.2, 0.25) is 0 Å². The Labute approximate surface area is 163 Å². The zero-order valence-electron chi connectivity index (χ0n) is 14.9. The van der Waals surface area contributed by atoms with E-state index in [2.05, 4.69) is 0 Å². The second-order valence-electron chi connectivity index (χ2n) is 4.18. The first-order chi connectivity index (χ1) is 10.9. The van der Waals surface area contributed by atoms with Gasteiger partial charge in [-0.1, -0.05) is 6.92 Å². The maximum atomic E-state index is 11.9. The summed E-state index contributed by atoms with van der Waals surface area (Å²) in [5.41, 5.74) is -0.431. The van der Waals surface area contributed by atoms with Crippen LogP contribution in [0.3, 0.4) is 0 Å². The molecule has 0 bridgehead atoms. The minimum absolute atomic E-state index is 0. The van der Waals surface area contributed by atoms with Gasteiger partial charge in [-0.25, -0.2) is 4.79 Å². The molecule has 8 nitrogen and oxygen atoms in total. The van der Waals surface area contributed by atoms with E-state index in [1.165, 1.54) is 0 Å². The normalized spacial score (nSPS) is 11.0. The second-order valence-corrected chi connectivity index (χ2v) is 4.18. The molecule has 9 heteroatoms. The number of hydrogen-bond acceptors (Lipinski definition) is 8. The van der Waals surface area contributed by atoms with Gasteiger partial charge in [-0.2, -0.15) is 0 Å². The summed E-state index contributed by atoms with van der Waals surface area (Å²) in [7, 11) is 0. The Morgan fingerprint density at radius 2 is 1.21 bits per heavy atom. The summed E-state index contributed by atoms with van der Waals surface area (Å²) in [5, 5.41) is 11.9. The molecule has 0 aromatic heterocycles. The van der Waals surface area contributed by atoms with Crippen molar-refractivity contribution in [3.8, 4) is 0 Å². The van der Waals surface area contributed by atoms with E-state index in [1.807, 2.05) is 0 Å². The van der Waals surface area contributed by atoms with Gasteiger partial charge in [0, 0.05) is 6.42 Å². The first-order valence-electron chi connectivity index (χ1n) is 7.46. The Hall–Kier alpha value is -1.25. The van der Waals surface area contributed by atoms with E-state index in [-0.39, 0.29) is 56.0 Å². The van der Waals surface area contributed by atoms with Crippen LogP contribution in [-0.2, 0) is 33.3 Å². The average molecular weight is 354 g/mol. The van der Waals surface area contributed by atoms with Crippen molar-refractivity contribution >= 4 is 17.9 Å². The van der Waals surface area contributed by atoms with E-state index < -0.39 is 41.8 Å². The molecule has 0 rings (SSSR count). The molecule has 0 fully saturated rings. The third-order valence-corrected chi connectivity index (χ3v) is 2.59. The number of ether oxygens (including phenoxy) is 4. The molecular weight excluding hydrogens is 331 g/mol. The molecule has 0 spiro atoms. The molecule has 0 atom stereocenters. The minimum atomic E-state index is -1.43. The number of carbonyl (C=O) groups is 3. The number of esters is 3. The minimum Gasteiger partial charge on any atom is -0.613 e. The summed E-state index contributed by atoms with van der Waals surface area (Å²) in [6, 6.07) is 0. The van der Waals surface area contributed by atoms with Crippen LogP contribution < -0.4 is 34.7 Å². The maximum absolute atomic E-state index is 11.9. The van der Waals surface area contributed by atoms with Crippen LogP contribution in [0, 0.1) is 5.92 Å². The van der Waals surface area contributed by atoms with Gasteiger partial charge in [0.15, 0.2) is 5.92 Å². The molecule has 0 heterocycles. The van der Waals surface area contributed by atoms with Crippen molar-refractivity contribution in [2.45, 2.75) is 34.1 Å². The third-order valence-electron chi connectivity index (χ3n) is 2.59. The van der Waals surface area contributed by atoms with E-state index >= 15 is 0 Å². The molecule has 0 aromatic rings. The van der Waals surface area contributed by atoms with Crippen LogP contribution in [0.15, 0.2) is 11.5 Å². The summed E-state index contributed by atoms with van der Waals surface area (Å²) < 4.78 is 19.1. The van der Waals surface area contributed by atoms with Crippen LogP contribution >= 0.6 is 0 Å². The first kappa shape index (κ1) is 25.0. The largest absolute Gasteiger partial charge is 1.00 e. The van der Waals surface area contributed by atoms with Crippen molar-refractivity contribution < 1.29 is 68.0 Å². The van der Waals surface area contributed by atoms with Gasteiger partial charge in [0.05, 0.1) is 31.3 Å². The number of rotatable bonds is 10. The molecule has 0 saturated carbocycles. The van der Waals surface area contributed by atoms with E-state index in [9.17, 15) is 19.5 Å². The van der Waals surface area contributed by atoms with Gasteiger partial charge < -0.3 is 24.1 Å². The average Bonchev–Trinajstić information content (AvgIpc) is 2.48. The molecule has 0 amide bonds. The fraction of sp³-hybridized carbons (Fsp3) is 0.667. The molecule has 0 saturated heterocycles. The molecular formula is C15H23NaO8. The zero-order valence-corrected chi connectivity index (χ0v) is 16.9. The maximum Gasteiger partial charge on any atom is 1.00 e. The zero-order chi connectivity index (χ0) is 17.8. The van der Waals surface area contributed by atoms with Crippen LogP contribution in [0.5, 0.6) is 0 Å². The molecule has 0 aliphatic heterocycles. The molecule has 0 radical (unpaired) electrons. The first-order valence-corrected chi connectivity index (χ1v) is 7.46. The van der Waals surface area contributed by atoms with Gasteiger partial charge in [-0.15, -0.1) is 0 Å². The van der Waals surface area contributed by atoms with Crippen molar-refractivity contribution in [1.29, 1.82) is 0 Å². The van der Waals surface area contributed by atoms with Gasteiger partial charge in [0.2, 0.25) is 0 Å². The Balaban J connectivity index is 0. The Kier molecular flexibility index (Phi) is 14.7. The summed E-state index contributed by atoms with van der Waals surface area (Å²) in [4.78, 5) is 35.7. The van der Waals surface area contributed by atoms with Gasteiger partial charge in [0.25, 0.3) is 0 Å². The Bertz CT molecular complexity index is 429. The monoisotopic (exact) mass is 354 g/mol. The van der Waals surface area contributed by atoms with Crippen molar-refractivity contribution in [3.05, 3.63) is 11.5 Å². The van der Waals surface area contributed by atoms with E-state index in [1.54, 1.807) is 27.7 Å². The second kappa shape index (κ2) is 14.1. The molecule has 0 aliphatic carbocycles. The molecule has 0 N–H and O–H groups in total. The van der Waals surface area contributed by atoms with Crippen LogP contribution in [0.4, 0.5) is 0 Å². The molecule has 24 heavy (non-hydrogen) atoms. The predicted octanol–water partition coefficient (Wildman–Crippen LogP) is -2.71. The summed E-state index contributed by atoms with van der Waals surface area (Å²) >= 11 is 0. The molecule has 132 valence electrons. The van der Waals surface area contributed by atoms with Gasteiger partial charge >= 0.3 is 47.5 Å². The number of hydrogen-bond donors (Lipinski definition) is 0. The predicted molar refractivity (Wildman–Crippen MR) is 76.7 cm³/mol. The van der Waals surface area contributed by atoms with Gasteiger partial charge in [-0.3, -0.25) is 9.59 Å². The standard InChI is InChI=1S/C15H24O8.Na/c1-5-20-12(16)10(13(17)21-6-2)9-11(14(18)22-7-3)15(19)23-8-4;/h10,18H,5-9H2,1-4H3;/q;+1/p-1. The molecule has 0 aromatic carbocycles. The smallest absolute Gasteiger partial charge is 0.613 e. The van der Waals surface area contributed by atoms with E-state index in [4.69, 9.17) is 18.9 Å². The summed E-state index contributed by atoms with van der Waals surface area (Å²) in [6.07, 6.45) is -0.505. The van der Waals surface area contributed by atoms with Crippen LogP contribution in [0.1, 0.15) is 34.1 Å². The van der Waals surface area contributed by atoms with E-state index in [0.717, 1.165) is 0 Å². The quantitative estimate of drug-likeness (QED) is 0.104. The van der Waals surface area contributed by atoms with Gasteiger partial charge in [-0.05, 0) is 27.4 Å². The van der Waals surface area contributed by atoms with Crippen LogP contribution in [-0.4, -0.2) is 44.3 Å². The van der Waals surface area contributed by atoms with Crippen molar-refractivity contribution in [2.24, 2.45) is 5.92 Å². The van der Waals surface area contributed by atoms with Crippen LogP contribution in [0.25, 0.3) is 0 Å². The fourth-order valence-corrected chi connectivity index (χ4v) is 1.64. The topological polar surface area (TPSA) is 111 Å². The van der Waals surface area contributed by atoms with Crippen molar-refractivity contribution in [3.63, 3.8) is 0 Å². The molecule has 0 unspecified atom stereocenters. The summed E-state index contributed by atoms with van der Waals surface area (Å²) in [6.45, 7) is 6.43. The van der Waals surface area contributed by atoms with E-state index in [0.29, 0.717) is 0 Å². The summed E-state index contributed by atoms with van der Waals surface area (Å²) in [5.74, 6) is -5.07. The van der Waals surface area contributed by atoms with Crippen molar-refractivity contribution in [1.82, 2.24) is 0 Å². The van der Waals surface area contributed by atoms with Crippen molar-refractivity contribution in [2.75, 3.05) is 26.4 Å². The third kappa shape index (κ3) is 8.56.